The van der Waals surface area contributed by atoms with Crippen molar-refractivity contribution in [3.63, 3.8) is 0 Å². The summed E-state index contributed by atoms with van der Waals surface area (Å²) in [5, 5.41) is 11.6. The lowest BCUT2D eigenvalue weighted by Crippen LogP contribution is -2.42. The Kier molecular flexibility index (Phi) is 5.03. The topological polar surface area (TPSA) is 79.3 Å². The van der Waals surface area contributed by atoms with Crippen LogP contribution in [0.1, 0.15) is 32.9 Å². The summed E-state index contributed by atoms with van der Waals surface area (Å²) in [5.41, 5.74) is 0.520. The third-order valence-electron chi connectivity index (χ3n) is 3.09. The van der Waals surface area contributed by atoms with Crippen molar-refractivity contribution in [2.24, 2.45) is 5.92 Å². The van der Waals surface area contributed by atoms with Crippen LogP contribution in [-0.4, -0.2) is 28.5 Å². The summed E-state index contributed by atoms with van der Waals surface area (Å²) in [6, 6.07) is 5.61. The van der Waals surface area contributed by atoms with Gasteiger partial charge in [0.25, 0.3) is 0 Å². The van der Waals surface area contributed by atoms with Crippen LogP contribution in [0.3, 0.4) is 0 Å². The highest BCUT2D eigenvalue weighted by atomic mass is 16.4. The lowest BCUT2D eigenvalue weighted by molar-refractivity contribution is -0.147. The van der Waals surface area contributed by atoms with Crippen molar-refractivity contribution in [2.45, 2.75) is 32.6 Å². The minimum Gasteiger partial charge on any atom is -0.481 e. The molecule has 1 atom stereocenters. The Hall–Kier alpha value is -1.91. The first-order valence-electron chi connectivity index (χ1n) is 6.30. The maximum absolute atomic E-state index is 11.8. The minimum absolute atomic E-state index is 0.283. The highest BCUT2D eigenvalue weighted by molar-refractivity contribution is 5.96. The van der Waals surface area contributed by atoms with Gasteiger partial charge in [0.05, 0.1) is 0 Å². The molecule has 0 spiro atoms. The van der Waals surface area contributed by atoms with Gasteiger partial charge >= 0.3 is 5.97 Å². The van der Waals surface area contributed by atoms with Gasteiger partial charge in [0, 0.05) is 23.9 Å². The van der Waals surface area contributed by atoms with Gasteiger partial charge in [-0.15, -0.1) is 0 Å². The number of nitrogens with one attached hydrogen (secondary N) is 1. The van der Waals surface area contributed by atoms with Crippen LogP contribution in [0.15, 0.2) is 24.4 Å². The number of hydrogen-bond acceptors (Lipinski definition) is 3. The molecule has 1 rings (SSSR count). The lowest BCUT2D eigenvalue weighted by Gasteiger charge is -2.25. The second-order valence-electron chi connectivity index (χ2n) is 5.12. The number of rotatable bonds is 6. The molecule has 5 nitrogen and oxygen atoms in total. The number of nitrogens with zero attached hydrogens (tertiary/aromatic N) is 1. The fourth-order valence-electron chi connectivity index (χ4n) is 1.76. The van der Waals surface area contributed by atoms with E-state index in [2.05, 4.69) is 10.3 Å². The van der Waals surface area contributed by atoms with Gasteiger partial charge in [-0.3, -0.25) is 14.6 Å². The number of amides is 1. The predicted octanol–water partition coefficient (Wildman–Crippen LogP) is 1.59. The van der Waals surface area contributed by atoms with Crippen LogP contribution in [0.4, 0.5) is 0 Å². The maximum atomic E-state index is 11.8. The molecule has 0 fully saturated rings. The summed E-state index contributed by atoms with van der Waals surface area (Å²) in [4.78, 5) is 26.9. The molecule has 19 heavy (non-hydrogen) atoms. The van der Waals surface area contributed by atoms with E-state index in [1.807, 2.05) is 32.0 Å². The molecule has 1 aromatic heterocycles. The van der Waals surface area contributed by atoms with Gasteiger partial charge in [0.2, 0.25) is 5.91 Å². The van der Waals surface area contributed by atoms with Crippen LogP contribution in [0.5, 0.6) is 0 Å². The first kappa shape index (κ1) is 15.1. The number of carboxylic acid groups (broad SMARTS) is 1. The highest BCUT2D eigenvalue weighted by Crippen LogP contribution is 2.19. The fourth-order valence-corrected chi connectivity index (χ4v) is 1.76. The van der Waals surface area contributed by atoms with Crippen LogP contribution in [0.2, 0.25) is 0 Å². The van der Waals surface area contributed by atoms with E-state index in [-0.39, 0.29) is 11.8 Å². The van der Waals surface area contributed by atoms with Crippen molar-refractivity contribution in [1.82, 2.24) is 10.3 Å². The Morgan fingerprint density at radius 2 is 2.11 bits per heavy atom. The van der Waals surface area contributed by atoms with Crippen LogP contribution >= 0.6 is 0 Å². The van der Waals surface area contributed by atoms with E-state index in [9.17, 15) is 9.59 Å². The summed E-state index contributed by atoms with van der Waals surface area (Å²) in [6.45, 7) is 5.95. The Labute approximate surface area is 113 Å². The molecule has 0 aliphatic carbocycles. The van der Waals surface area contributed by atoms with Crippen molar-refractivity contribution < 1.29 is 14.7 Å². The third kappa shape index (κ3) is 4.05. The Morgan fingerprint density at radius 3 is 2.58 bits per heavy atom. The Bertz CT molecular complexity index is 443. The number of carbonyl (C=O) groups excluding carboxylic acids is 1. The number of aliphatic carboxylic acids is 1. The molecule has 1 unspecified atom stereocenters. The number of carboxylic acids is 1. The highest BCUT2D eigenvalue weighted by Gasteiger charge is 2.27. The van der Waals surface area contributed by atoms with Gasteiger partial charge in [-0.05, 0) is 18.6 Å². The zero-order valence-corrected chi connectivity index (χ0v) is 11.5. The molecule has 0 aliphatic rings. The monoisotopic (exact) mass is 264 g/mol. The summed E-state index contributed by atoms with van der Waals surface area (Å²) in [5.74, 6) is -2.52. The quantitative estimate of drug-likeness (QED) is 0.765. The van der Waals surface area contributed by atoms with Crippen LogP contribution in [0.25, 0.3) is 0 Å². The van der Waals surface area contributed by atoms with Gasteiger partial charge < -0.3 is 10.4 Å². The molecule has 0 saturated heterocycles. The molecule has 2 N–H and O–H groups in total. The summed E-state index contributed by atoms with van der Waals surface area (Å²) >= 11 is 0. The second kappa shape index (κ2) is 6.31. The molecule has 104 valence electrons. The van der Waals surface area contributed by atoms with Crippen LogP contribution < -0.4 is 5.32 Å². The number of hydrogen-bond donors (Lipinski definition) is 2. The van der Waals surface area contributed by atoms with Gasteiger partial charge in [-0.2, -0.15) is 0 Å². The molecule has 0 radical (unpaired) electrons. The number of carbonyl (C=O) groups is 2. The zero-order chi connectivity index (χ0) is 14.5. The normalized spacial score (nSPS) is 12.8. The first-order chi connectivity index (χ1) is 8.88. The molecule has 1 amide bonds. The van der Waals surface area contributed by atoms with E-state index in [1.54, 1.807) is 13.1 Å². The van der Waals surface area contributed by atoms with Gasteiger partial charge in [-0.25, -0.2) is 0 Å². The maximum Gasteiger partial charge on any atom is 0.316 e. The third-order valence-corrected chi connectivity index (χ3v) is 3.09. The molecule has 1 aromatic rings. The molecule has 0 aromatic carbocycles. The van der Waals surface area contributed by atoms with Crippen molar-refractivity contribution in [2.75, 3.05) is 6.54 Å². The predicted molar refractivity (Wildman–Crippen MR) is 71.7 cm³/mol. The van der Waals surface area contributed by atoms with E-state index in [4.69, 9.17) is 5.11 Å². The van der Waals surface area contributed by atoms with Crippen molar-refractivity contribution in [3.8, 4) is 0 Å². The summed E-state index contributed by atoms with van der Waals surface area (Å²) < 4.78 is 0. The fraction of sp³-hybridized carbons (Fsp3) is 0.500. The minimum atomic E-state index is -1.09. The van der Waals surface area contributed by atoms with Crippen molar-refractivity contribution in [3.05, 3.63) is 30.1 Å². The zero-order valence-electron chi connectivity index (χ0n) is 11.5. The van der Waals surface area contributed by atoms with E-state index in [1.165, 1.54) is 0 Å². The van der Waals surface area contributed by atoms with Crippen molar-refractivity contribution in [1.29, 1.82) is 0 Å². The van der Waals surface area contributed by atoms with Crippen LogP contribution in [-0.2, 0) is 15.0 Å². The lowest BCUT2D eigenvalue weighted by atomic mass is 9.88. The standard InChI is InChI=1S/C14H20N2O3/c1-4-10(13(18)19)12(17)16-9-14(2,3)11-7-5-6-8-15-11/h5-8,10H,4,9H2,1-3H3,(H,16,17)(H,18,19). The average Bonchev–Trinajstić information content (AvgIpc) is 2.38. The van der Waals surface area contributed by atoms with Crippen molar-refractivity contribution >= 4 is 11.9 Å². The molecule has 0 aliphatic heterocycles. The first-order valence-corrected chi connectivity index (χ1v) is 6.30. The number of aromatic nitrogens is 1. The van der Waals surface area contributed by atoms with Gasteiger partial charge in [0.1, 0.15) is 5.92 Å². The summed E-state index contributed by atoms with van der Waals surface area (Å²) in [6.07, 6.45) is 1.98. The molecule has 0 bridgehead atoms. The number of pyridine rings is 1. The second-order valence-corrected chi connectivity index (χ2v) is 5.12. The molecular weight excluding hydrogens is 244 g/mol. The smallest absolute Gasteiger partial charge is 0.316 e. The molecular formula is C14H20N2O3. The van der Waals surface area contributed by atoms with Crippen LogP contribution in [0, 0.1) is 5.92 Å². The van der Waals surface area contributed by atoms with Gasteiger partial charge in [-0.1, -0.05) is 26.8 Å². The van der Waals surface area contributed by atoms with E-state index >= 15 is 0 Å². The Morgan fingerprint density at radius 1 is 1.42 bits per heavy atom. The molecule has 5 heteroatoms. The van der Waals surface area contributed by atoms with E-state index in [0.29, 0.717) is 6.54 Å². The SMILES string of the molecule is CCC(C(=O)O)C(=O)NCC(C)(C)c1ccccn1. The summed E-state index contributed by atoms with van der Waals surface area (Å²) in [7, 11) is 0. The Balaban J connectivity index is 2.66. The van der Waals surface area contributed by atoms with E-state index < -0.39 is 17.8 Å². The van der Waals surface area contributed by atoms with Gasteiger partial charge in [0.15, 0.2) is 0 Å². The molecule has 1 heterocycles. The largest absolute Gasteiger partial charge is 0.481 e. The van der Waals surface area contributed by atoms with E-state index in [0.717, 1.165) is 5.69 Å². The molecule has 0 saturated carbocycles. The average molecular weight is 264 g/mol.